The van der Waals surface area contributed by atoms with Crippen LogP contribution in [0.2, 0.25) is 0 Å². The number of amides is 1. The molecule has 3 aromatic heterocycles. The Morgan fingerprint density at radius 2 is 2.00 bits per heavy atom. The summed E-state index contributed by atoms with van der Waals surface area (Å²) in [5.41, 5.74) is 2.32. The predicted octanol–water partition coefficient (Wildman–Crippen LogP) is 3.79. The first-order valence-corrected chi connectivity index (χ1v) is 9.93. The summed E-state index contributed by atoms with van der Waals surface area (Å²) in [6, 6.07) is 6.72. The van der Waals surface area contributed by atoms with E-state index in [1.54, 1.807) is 35.0 Å². The molecule has 1 aromatic carbocycles. The third-order valence-electron chi connectivity index (χ3n) is 5.61. The van der Waals surface area contributed by atoms with E-state index in [2.05, 4.69) is 15.6 Å². The number of rotatable bonds is 5. The smallest absolute Gasteiger partial charge is 0.255 e. The van der Waals surface area contributed by atoms with Crippen molar-refractivity contribution in [3.8, 4) is 11.3 Å². The Morgan fingerprint density at radius 1 is 1.25 bits per heavy atom. The van der Waals surface area contributed by atoms with E-state index in [4.69, 9.17) is 9.26 Å². The Balaban J connectivity index is 1.45. The number of carbonyl (C=O) groups excluding carboxylic acids is 1. The molecule has 0 saturated carbocycles. The van der Waals surface area contributed by atoms with Crippen molar-refractivity contribution in [2.75, 3.05) is 25.5 Å². The Labute approximate surface area is 181 Å². The van der Waals surface area contributed by atoms with Crippen LogP contribution in [0.5, 0.6) is 0 Å². The summed E-state index contributed by atoms with van der Waals surface area (Å²) in [4.78, 5) is 14.6. The van der Waals surface area contributed by atoms with Crippen molar-refractivity contribution in [3.63, 3.8) is 0 Å². The maximum atomic E-state index is 14.1. The molecule has 1 aliphatic heterocycles. The molecule has 1 amide bonds. The zero-order chi connectivity index (χ0) is 22.4. The number of likely N-dealkylation sites (tertiary alicyclic amines) is 1. The number of methoxy groups -OCH3 is 1. The molecule has 1 saturated heterocycles. The fraction of sp³-hybridized carbons (Fsp3) is 0.227. The third kappa shape index (κ3) is 3.28. The number of halogens is 2. The molecular formula is C22H19F2N5O3. The van der Waals surface area contributed by atoms with Crippen molar-refractivity contribution < 1.29 is 22.8 Å². The summed E-state index contributed by atoms with van der Waals surface area (Å²) in [6.45, 7) is 2.93. The van der Waals surface area contributed by atoms with Crippen LogP contribution in [0.15, 0.2) is 47.2 Å². The quantitative estimate of drug-likeness (QED) is 0.509. The largest absolute Gasteiger partial charge is 0.378 e. The van der Waals surface area contributed by atoms with E-state index in [0.29, 0.717) is 29.9 Å². The van der Waals surface area contributed by atoms with Crippen molar-refractivity contribution in [2.24, 2.45) is 0 Å². The van der Waals surface area contributed by atoms with Crippen molar-refractivity contribution in [1.82, 2.24) is 19.7 Å². The maximum Gasteiger partial charge on any atom is 0.255 e. The van der Waals surface area contributed by atoms with Gasteiger partial charge in [-0.3, -0.25) is 4.79 Å². The number of carbonyl (C=O) groups is 1. The van der Waals surface area contributed by atoms with Crippen LogP contribution in [0.1, 0.15) is 15.9 Å². The van der Waals surface area contributed by atoms with Crippen LogP contribution in [0.4, 0.5) is 20.4 Å². The fourth-order valence-electron chi connectivity index (χ4n) is 3.83. The summed E-state index contributed by atoms with van der Waals surface area (Å²) >= 11 is 0. The van der Waals surface area contributed by atoms with E-state index in [1.807, 2.05) is 6.92 Å². The molecule has 5 rings (SSSR count). The van der Waals surface area contributed by atoms with E-state index >= 15 is 0 Å². The Hall–Kier alpha value is -3.79. The number of hydrogen-bond donors (Lipinski definition) is 1. The topological polar surface area (TPSA) is 84.9 Å². The molecule has 8 nitrogen and oxygen atoms in total. The highest BCUT2D eigenvalue weighted by atomic mass is 19.1. The molecule has 164 valence electrons. The van der Waals surface area contributed by atoms with Gasteiger partial charge >= 0.3 is 0 Å². The number of nitrogens with one attached hydrogen (secondary N) is 1. The minimum Gasteiger partial charge on any atom is -0.378 e. The molecule has 10 heteroatoms. The molecule has 1 fully saturated rings. The molecule has 1 aliphatic rings. The standard InChI is InChI=1S/C22H19F2N5O3/c1-12-14(22(30)28-9-13(10-28)31-2)11-29-21(12)17(6-7-25-29)26-19-8-18(27-32-19)20-15(23)4-3-5-16(20)24/h3-8,11,13,26H,9-10H2,1-2H3. The summed E-state index contributed by atoms with van der Waals surface area (Å²) in [5, 5.41) is 11.1. The molecule has 0 unspecified atom stereocenters. The summed E-state index contributed by atoms with van der Waals surface area (Å²) in [5.74, 6) is -1.37. The van der Waals surface area contributed by atoms with Gasteiger partial charge in [0, 0.05) is 38.7 Å². The van der Waals surface area contributed by atoms with Crippen molar-refractivity contribution >= 4 is 23.0 Å². The normalized spacial score (nSPS) is 14.1. The molecule has 0 spiro atoms. The molecule has 1 N–H and O–H groups in total. The second-order valence-electron chi connectivity index (χ2n) is 7.57. The first-order chi connectivity index (χ1) is 15.5. The van der Waals surface area contributed by atoms with Crippen molar-refractivity contribution in [3.05, 3.63) is 65.5 Å². The highest BCUT2D eigenvalue weighted by Crippen LogP contribution is 2.31. The SMILES string of the molecule is COC1CN(C(=O)c2cn3nccc(Nc4cc(-c5c(F)cccc5F)no4)c3c2C)C1. The van der Waals surface area contributed by atoms with Gasteiger partial charge in [-0.15, -0.1) is 0 Å². The highest BCUT2D eigenvalue weighted by Gasteiger charge is 2.32. The van der Waals surface area contributed by atoms with E-state index in [-0.39, 0.29) is 29.2 Å². The minimum atomic E-state index is -0.733. The summed E-state index contributed by atoms with van der Waals surface area (Å²) in [7, 11) is 1.63. The second-order valence-corrected chi connectivity index (χ2v) is 7.57. The number of aryl methyl sites for hydroxylation is 1. The van der Waals surface area contributed by atoms with Gasteiger partial charge in [0.15, 0.2) is 0 Å². The second kappa shape index (κ2) is 7.72. The first-order valence-electron chi connectivity index (χ1n) is 9.93. The number of nitrogens with zero attached hydrogens (tertiary/aromatic N) is 4. The number of anilines is 2. The van der Waals surface area contributed by atoms with Gasteiger partial charge in [-0.1, -0.05) is 11.2 Å². The molecule has 32 heavy (non-hydrogen) atoms. The summed E-state index contributed by atoms with van der Waals surface area (Å²) < 4.78 is 40.2. The Kier molecular flexibility index (Phi) is 4.86. The molecule has 0 radical (unpaired) electrons. The Bertz CT molecular complexity index is 1310. The van der Waals surface area contributed by atoms with Crippen LogP contribution in [0.3, 0.4) is 0 Å². The molecule has 0 aliphatic carbocycles. The molecule has 4 aromatic rings. The lowest BCUT2D eigenvalue weighted by Crippen LogP contribution is -2.54. The molecular weight excluding hydrogens is 420 g/mol. The van der Waals surface area contributed by atoms with Crippen LogP contribution in [0.25, 0.3) is 16.8 Å². The van der Waals surface area contributed by atoms with Gasteiger partial charge in [-0.2, -0.15) is 5.10 Å². The zero-order valence-electron chi connectivity index (χ0n) is 17.3. The van der Waals surface area contributed by atoms with Crippen molar-refractivity contribution in [2.45, 2.75) is 13.0 Å². The summed E-state index contributed by atoms with van der Waals surface area (Å²) in [6.07, 6.45) is 3.31. The van der Waals surface area contributed by atoms with Gasteiger partial charge in [-0.05, 0) is 30.7 Å². The van der Waals surface area contributed by atoms with Crippen molar-refractivity contribution in [1.29, 1.82) is 0 Å². The molecule has 4 heterocycles. The van der Waals surface area contributed by atoms with E-state index in [9.17, 15) is 13.6 Å². The predicted molar refractivity (Wildman–Crippen MR) is 112 cm³/mol. The number of benzene rings is 1. The van der Waals surface area contributed by atoms with Crippen LogP contribution in [-0.2, 0) is 4.74 Å². The zero-order valence-corrected chi connectivity index (χ0v) is 17.3. The van der Waals surface area contributed by atoms with Gasteiger partial charge in [0.25, 0.3) is 5.91 Å². The molecule has 0 bridgehead atoms. The average molecular weight is 439 g/mol. The highest BCUT2D eigenvalue weighted by molar-refractivity contribution is 6.00. The van der Waals surface area contributed by atoms with E-state index in [0.717, 1.165) is 17.7 Å². The maximum absolute atomic E-state index is 14.1. The Morgan fingerprint density at radius 3 is 2.72 bits per heavy atom. The lowest BCUT2D eigenvalue weighted by atomic mass is 10.1. The third-order valence-corrected chi connectivity index (χ3v) is 5.61. The van der Waals surface area contributed by atoms with Crippen LogP contribution >= 0.6 is 0 Å². The number of hydrogen-bond acceptors (Lipinski definition) is 6. The minimum absolute atomic E-state index is 0.0293. The fourth-order valence-corrected chi connectivity index (χ4v) is 3.83. The number of fused-ring (bicyclic) bond motifs is 1. The monoisotopic (exact) mass is 439 g/mol. The lowest BCUT2D eigenvalue weighted by Gasteiger charge is -2.38. The first kappa shape index (κ1) is 20.1. The van der Waals surface area contributed by atoms with E-state index in [1.165, 1.54) is 12.1 Å². The van der Waals surface area contributed by atoms with Gasteiger partial charge < -0.3 is 19.5 Å². The van der Waals surface area contributed by atoms with E-state index < -0.39 is 11.6 Å². The van der Waals surface area contributed by atoms with Gasteiger partial charge in [0.2, 0.25) is 5.88 Å². The number of aromatic nitrogens is 3. The van der Waals surface area contributed by atoms with Crippen LogP contribution < -0.4 is 5.32 Å². The number of ether oxygens (including phenoxy) is 1. The van der Waals surface area contributed by atoms with Gasteiger partial charge in [0.1, 0.15) is 17.3 Å². The van der Waals surface area contributed by atoms with Gasteiger partial charge in [0.05, 0.1) is 28.4 Å². The van der Waals surface area contributed by atoms with Crippen LogP contribution in [0, 0.1) is 18.6 Å². The average Bonchev–Trinajstić information content (AvgIpc) is 3.32. The van der Waals surface area contributed by atoms with Crippen LogP contribution in [-0.4, -0.2) is 51.9 Å². The molecule has 0 atom stereocenters. The lowest BCUT2D eigenvalue weighted by molar-refractivity contribution is -0.0192. The van der Waals surface area contributed by atoms with Gasteiger partial charge in [-0.25, -0.2) is 13.3 Å².